The number of carbonyl (C=O) groups is 2. The number of piperidine rings is 1. The number of nitrogens with one attached hydrogen (secondary N) is 2. The molecule has 0 saturated carbocycles. The minimum Gasteiger partial charge on any atom is -0.478 e. The van der Waals surface area contributed by atoms with Gasteiger partial charge in [-0.3, -0.25) is 14.4 Å². The lowest BCUT2D eigenvalue weighted by Gasteiger charge is -2.33. The fourth-order valence-electron chi connectivity index (χ4n) is 6.44. The summed E-state index contributed by atoms with van der Waals surface area (Å²) in [5.74, 6) is -2.94. The van der Waals surface area contributed by atoms with Crippen molar-refractivity contribution in [1.29, 1.82) is 0 Å². The number of halogens is 2. The van der Waals surface area contributed by atoms with Gasteiger partial charge in [0.1, 0.15) is 11.6 Å². The van der Waals surface area contributed by atoms with Crippen LogP contribution >= 0.6 is 0 Å². The molecule has 3 heterocycles. The molecule has 1 aliphatic heterocycles. The predicted octanol–water partition coefficient (Wildman–Crippen LogP) is 6.03. The summed E-state index contributed by atoms with van der Waals surface area (Å²) >= 11 is 0. The normalized spacial score (nSPS) is 13.3. The number of aromatic nitrogens is 4. The standard InChI is InChI=1S/C24H26FN3O3.C16H11FN2O3/c1-15(2)31-17-9-11-28(12-10-17)24(30)20-13-16(7-8-21(20)25)14-22-18-5-3-4-6-19(18)23(29)27-26-22;17-13-6-5-9(7-12(13)16(21)22)8-14-10-3-1-2-4-11(10)15(20)19-18-14/h3-8,13,15,17H,9-12,14H2,1-2H3,(H,27,29);1-7H,8H2,(H,19,20)(H,21,22). The molecule has 1 saturated heterocycles. The average Bonchev–Trinajstić information content (AvgIpc) is 3.15. The zero-order chi connectivity index (χ0) is 37.6. The maximum atomic E-state index is 14.5. The second-order valence-corrected chi connectivity index (χ2v) is 13.1. The number of likely N-dealkylation sites (tertiary alicyclic amines) is 1. The lowest BCUT2D eigenvalue weighted by molar-refractivity contribution is -0.0236. The van der Waals surface area contributed by atoms with Crippen molar-refractivity contribution in [3.8, 4) is 0 Å². The lowest BCUT2D eigenvalue weighted by atomic mass is 10.0. The van der Waals surface area contributed by atoms with Gasteiger partial charge in [-0.2, -0.15) is 10.2 Å². The summed E-state index contributed by atoms with van der Waals surface area (Å²) in [5, 5.41) is 24.6. The second-order valence-electron chi connectivity index (χ2n) is 13.1. The first kappa shape index (κ1) is 36.7. The highest BCUT2D eigenvalue weighted by molar-refractivity contribution is 5.95. The van der Waals surface area contributed by atoms with Crippen LogP contribution in [0.1, 0.15) is 69.9 Å². The Kier molecular flexibility index (Phi) is 11.1. The first-order valence-electron chi connectivity index (χ1n) is 17.2. The van der Waals surface area contributed by atoms with Gasteiger partial charge in [0, 0.05) is 36.7 Å². The molecule has 1 aliphatic rings. The van der Waals surface area contributed by atoms with Crippen molar-refractivity contribution < 1.29 is 28.2 Å². The average molecular weight is 722 g/mol. The Hall–Kier alpha value is -6.08. The summed E-state index contributed by atoms with van der Waals surface area (Å²) in [5.41, 5.74) is 1.77. The van der Waals surface area contributed by atoms with Gasteiger partial charge < -0.3 is 14.7 Å². The molecular weight excluding hydrogens is 684 g/mol. The molecule has 272 valence electrons. The van der Waals surface area contributed by atoms with Crippen LogP contribution in [0.3, 0.4) is 0 Å². The van der Waals surface area contributed by atoms with Crippen LogP contribution in [0, 0.1) is 11.6 Å². The van der Waals surface area contributed by atoms with Crippen molar-refractivity contribution in [1.82, 2.24) is 25.3 Å². The number of rotatable bonds is 8. The fourth-order valence-corrected chi connectivity index (χ4v) is 6.44. The number of carbonyl (C=O) groups excluding carboxylic acids is 1. The Balaban J connectivity index is 0.000000192. The highest BCUT2D eigenvalue weighted by atomic mass is 19.1. The molecule has 0 bridgehead atoms. The molecule has 7 rings (SSSR count). The van der Waals surface area contributed by atoms with Gasteiger partial charge >= 0.3 is 5.97 Å². The van der Waals surface area contributed by atoms with Gasteiger partial charge in [-0.1, -0.05) is 48.5 Å². The van der Waals surface area contributed by atoms with Crippen LogP contribution in [0.5, 0.6) is 0 Å². The first-order chi connectivity index (χ1) is 25.5. The summed E-state index contributed by atoms with van der Waals surface area (Å²) in [6.07, 6.45) is 2.45. The van der Waals surface area contributed by atoms with Crippen LogP contribution in [-0.2, 0) is 17.6 Å². The molecule has 0 unspecified atom stereocenters. The summed E-state index contributed by atoms with van der Waals surface area (Å²) in [4.78, 5) is 49.4. The smallest absolute Gasteiger partial charge is 0.338 e. The van der Waals surface area contributed by atoms with Crippen LogP contribution in [-0.4, -0.2) is 67.6 Å². The lowest BCUT2D eigenvalue weighted by Crippen LogP contribution is -2.41. The van der Waals surface area contributed by atoms with E-state index in [4.69, 9.17) is 9.84 Å². The summed E-state index contributed by atoms with van der Waals surface area (Å²) in [6, 6.07) is 22.7. The van der Waals surface area contributed by atoms with E-state index in [1.54, 1.807) is 53.4 Å². The minimum absolute atomic E-state index is 0.0643. The Morgan fingerprint density at radius 1 is 0.755 bits per heavy atom. The summed E-state index contributed by atoms with van der Waals surface area (Å²) in [7, 11) is 0. The van der Waals surface area contributed by atoms with Gasteiger partial charge in [-0.15, -0.1) is 0 Å². The summed E-state index contributed by atoms with van der Waals surface area (Å²) < 4.78 is 33.8. The third kappa shape index (κ3) is 8.53. The van der Waals surface area contributed by atoms with Crippen molar-refractivity contribution in [2.75, 3.05) is 13.1 Å². The van der Waals surface area contributed by atoms with E-state index in [0.717, 1.165) is 29.9 Å². The second kappa shape index (κ2) is 16.1. The largest absolute Gasteiger partial charge is 0.478 e. The number of nitrogens with zero attached hydrogens (tertiary/aromatic N) is 3. The Bertz CT molecular complexity index is 2420. The Morgan fingerprint density at radius 3 is 1.68 bits per heavy atom. The number of fused-ring (bicyclic) bond motifs is 2. The highest BCUT2D eigenvalue weighted by Crippen LogP contribution is 2.23. The number of aromatic amines is 2. The van der Waals surface area contributed by atoms with Crippen molar-refractivity contribution in [3.63, 3.8) is 0 Å². The topological polar surface area (TPSA) is 158 Å². The molecule has 1 fully saturated rings. The summed E-state index contributed by atoms with van der Waals surface area (Å²) in [6.45, 7) is 5.09. The van der Waals surface area contributed by atoms with Crippen molar-refractivity contribution in [3.05, 3.63) is 151 Å². The molecule has 11 nitrogen and oxygen atoms in total. The van der Waals surface area contributed by atoms with Gasteiger partial charge in [0.2, 0.25) is 0 Å². The van der Waals surface area contributed by atoms with E-state index in [1.807, 2.05) is 26.0 Å². The number of aromatic carboxylic acids is 1. The fraction of sp³-hybridized carbons (Fsp3) is 0.250. The number of carboxylic acids is 1. The molecule has 3 N–H and O–H groups in total. The van der Waals surface area contributed by atoms with Gasteiger partial charge in [-0.25, -0.2) is 23.8 Å². The molecule has 53 heavy (non-hydrogen) atoms. The zero-order valence-corrected chi connectivity index (χ0v) is 29.1. The molecule has 2 aromatic heterocycles. The number of carboxylic acid groups (broad SMARTS) is 1. The first-order valence-corrected chi connectivity index (χ1v) is 17.2. The van der Waals surface area contributed by atoms with Crippen LogP contribution < -0.4 is 11.1 Å². The van der Waals surface area contributed by atoms with Crippen molar-refractivity contribution in [2.24, 2.45) is 0 Å². The quantitative estimate of drug-likeness (QED) is 0.172. The predicted molar refractivity (Wildman–Crippen MR) is 195 cm³/mol. The van der Waals surface area contributed by atoms with Gasteiger partial charge in [0.25, 0.3) is 17.0 Å². The molecule has 6 aromatic rings. The number of H-pyrrole nitrogens is 2. The molecule has 13 heteroatoms. The Labute approximate surface area is 302 Å². The maximum absolute atomic E-state index is 14.5. The van der Waals surface area contributed by atoms with Crippen molar-refractivity contribution >= 4 is 33.4 Å². The van der Waals surface area contributed by atoms with E-state index >= 15 is 0 Å². The Morgan fingerprint density at radius 2 is 1.21 bits per heavy atom. The van der Waals surface area contributed by atoms with E-state index in [0.29, 0.717) is 52.6 Å². The highest BCUT2D eigenvalue weighted by Gasteiger charge is 2.26. The number of hydrogen-bond acceptors (Lipinski definition) is 7. The maximum Gasteiger partial charge on any atom is 0.338 e. The zero-order valence-electron chi connectivity index (χ0n) is 29.1. The SMILES string of the molecule is CC(C)OC1CCN(C(=O)c2cc(Cc3n[nH]c(=O)c4ccccc34)ccc2F)CC1.O=C(O)c1cc(Cc2n[nH]c(=O)c3ccccc23)ccc1F. The van der Waals surface area contributed by atoms with Gasteiger partial charge in [0.15, 0.2) is 0 Å². The van der Waals surface area contributed by atoms with E-state index < -0.39 is 17.6 Å². The molecule has 0 atom stereocenters. The van der Waals surface area contributed by atoms with Crippen LogP contribution in [0.15, 0.2) is 94.5 Å². The molecule has 0 spiro atoms. The molecule has 4 aromatic carbocycles. The van der Waals surface area contributed by atoms with Crippen LogP contribution in [0.4, 0.5) is 8.78 Å². The van der Waals surface area contributed by atoms with E-state index in [2.05, 4.69) is 20.4 Å². The van der Waals surface area contributed by atoms with Gasteiger partial charge in [-0.05, 0) is 74.2 Å². The number of hydrogen-bond donors (Lipinski definition) is 3. The molecule has 0 aliphatic carbocycles. The molecular formula is C40H37F2N5O6. The van der Waals surface area contributed by atoms with Gasteiger partial charge in [0.05, 0.1) is 45.5 Å². The minimum atomic E-state index is -1.32. The third-order valence-electron chi connectivity index (χ3n) is 9.01. The monoisotopic (exact) mass is 721 g/mol. The molecule has 0 radical (unpaired) electrons. The van der Waals surface area contributed by atoms with Crippen molar-refractivity contribution in [2.45, 2.75) is 51.7 Å². The third-order valence-corrected chi connectivity index (χ3v) is 9.01. The molecule has 1 amide bonds. The number of benzene rings is 4. The van der Waals surface area contributed by atoms with E-state index in [-0.39, 0.29) is 46.8 Å². The van der Waals surface area contributed by atoms with Crippen LogP contribution in [0.25, 0.3) is 21.5 Å². The van der Waals surface area contributed by atoms with E-state index in [1.165, 1.54) is 18.2 Å². The van der Waals surface area contributed by atoms with E-state index in [9.17, 15) is 28.0 Å². The number of amides is 1. The van der Waals surface area contributed by atoms with Crippen LogP contribution in [0.2, 0.25) is 0 Å². The number of ether oxygens (including phenoxy) is 1.